The molecule has 0 aliphatic carbocycles. The van der Waals surface area contributed by atoms with Gasteiger partial charge in [0.05, 0.1) is 17.8 Å². The smallest absolute Gasteiger partial charge is 0.282 e. The third-order valence-corrected chi connectivity index (χ3v) is 4.32. The average molecular weight is 424 g/mol. The van der Waals surface area contributed by atoms with Crippen LogP contribution in [0.4, 0.5) is 5.69 Å². The molecule has 128 valence electrons. The Morgan fingerprint density at radius 3 is 2.72 bits per heavy atom. The number of amides is 2. The Labute approximate surface area is 156 Å². The summed E-state index contributed by atoms with van der Waals surface area (Å²) in [4.78, 5) is 24.8. The molecular formula is C17H12BrClN2O4. The summed E-state index contributed by atoms with van der Waals surface area (Å²) in [5.74, 6) is -1.09. The number of aromatic hydroxyl groups is 1. The van der Waals surface area contributed by atoms with Crippen molar-refractivity contribution in [2.45, 2.75) is 0 Å². The van der Waals surface area contributed by atoms with E-state index in [1.807, 2.05) is 6.07 Å². The van der Waals surface area contributed by atoms with Gasteiger partial charge >= 0.3 is 0 Å². The summed E-state index contributed by atoms with van der Waals surface area (Å²) in [6, 6.07) is 9.90. The molecule has 25 heavy (non-hydrogen) atoms. The number of ether oxygens (including phenoxy) is 1. The van der Waals surface area contributed by atoms with Crippen molar-refractivity contribution in [3.05, 3.63) is 57.0 Å². The molecule has 0 spiro atoms. The van der Waals surface area contributed by atoms with E-state index in [1.54, 1.807) is 18.2 Å². The summed E-state index contributed by atoms with van der Waals surface area (Å²) in [5, 5.41) is 11.0. The molecule has 3 rings (SSSR count). The lowest BCUT2D eigenvalue weighted by molar-refractivity contribution is -0.117. The van der Waals surface area contributed by atoms with E-state index >= 15 is 0 Å². The lowest BCUT2D eigenvalue weighted by Crippen LogP contribution is -2.35. The molecule has 1 heterocycles. The van der Waals surface area contributed by atoms with E-state index in [-0.39, 0.29) is 22.1 Å². The van der Waals surface area contributed by atoms with Gasteiger partial charge in [-0.15, -0.1) is 0 Å². The number of phenols is 1. The van der Waals surface area contributed by atoms with Gasteiger partial charge < -0.3 is 9.84 Å². The number of carbonyl (C=O) groups is 2. The number of carbonyl (C=O) groups excluding carboxylic acids is 2. The van der Waals surface area contributed by atoms with Gasteiger partial charge in [-0.3, -0.25) is 15.0 Å². The van der Waals surface area contributed by atoms with Crippen molar-refractivity contribution in [2.24, 2.45) is 0 Å². The fraction of sp³-hybridized carbons (Fsp3) is 0.0588. The maximum absolute atomic E-state index is 12.6. The molecule has 2 N–H and O–H groups in total. The van der Waals surface area contributed by atoms with E-state index in [1.165, 1.54) is 25.3 Å². The van der Waals surface area contributed by atoms with Crippen molar-refractivity contribution in [2.75, 3.05) is 12.1 Å². The summed E-state index contributed by atoms with van der Waals surface area (Å²) < 4.78 is 5.80. The zero-order chi connectivity index (χ0) is 18.1. The summed E-state index contributed by atoms with van der Waals surface area (Å²) in [7, 11) is 1.38. The van der Waals surface area contributed by atoms with Gasteiger partial charge in [0.2, 0.25) is 0 Å². The van der Waals surface area contributed by atoms with Crippen LogP contribution in [0.5, 0.6) is 11.5 Å². The SMILES string of the molecule is COc1cc(/C=C2/C(=O)NN(c3cccc(Br)c3)C2=O)cc(Cl)c1O. The molecule has 1 fully saturated rings. The average Bonchev–Trinajstić information content (AvgIpc) is 2.86. The molecular weight excluding hydrogens is 412 g/mol. The Morgan fingerprint density at radius 2 is 2.04 bits per heavy atom. The maximum atomic E-state index is 12.6. The molecule has 1 aliphatic heterocycles. The number of nitrogens with one attached hydrogen (secondary N) is 1. The largest absolute Gasteiger partial charge is 0.503 e. The number of hydrogen-bond acceptors (Lipinski definition) is 4. The molecule has 8 heteroatoms. The van der Waals surface area contributed by atoms with E-state index in [0.717, 1.165) is 9.48 Å². The number of hydrogen-bond donors (Lipinski definition) is 2. The third kappa shape index (κ3) is 3.33. The lowest BCUT2D eigenvalue weighted by atomic mass is 10.1. The third-order valence-electron chi connectivity index (χ3n) is 3.54. The molecule has 0 unspecified atom stereocenters. The number of benzene rings is 2. The van der Waals surface area contributed by atoms with Crippen molar-refractivity contribution in [1.29, 1.82) is 0 Å². The van der Waals surface area contributed by atoms with E-state index < -0.39 is 11.8 Å². The van der Waals surface area contributed by atoms with Crippen LogP contribution in [0.1, 0.15) is 5.56 Å². The molecule has 6 nitrogen and oxygen atoms in total. The molecule has 0 aromatic heterocycles. The number of halogens is 2. The molecule has 1 aliphatic rings. The minimum Gasteiger partial charge on any atom is -0.503 e. The minimum atomic E-state index is -0.534. The van der Waals surface area contributed by atoms with E-state index in [9.17, 15) is 14.7 Å². The topological polar surface area (TPSA) is 78.9 Å². The molecule has 2 aromatic rings. The molecule has 2 aromatic carbocycles. The van der Waals surface area contributed by atoms with Gasteiger partial charge in [0.15, 0.2) is 11.5 Å². The number of phenolic OH excluding ortho intramolecular Hbond substituents is 1. The van der Waals surface area contributed by atoms with Gasteiger partial charge in [0.1, 0.15) is 5.57 Å². The molecule has 1 saturated heterocycles. The first-order valence-corrected chi connectivity index (χ1v) is 8.27. The van der Waals surface area contributed by atoms with E-state index in [2.05, 4.69) is 21.4 Å². The summed E-state index contributed by atoms with van der Waals surface area (Å²) in [6.45, 7) is 0. The first-order chi connectivity index (χ1) is 11.9. The van der Waals surface area contributed by atoms with Gasteiger partial charge in [-0.05, 0) is 42.0 Å². The molecule has 0 radical (unpaired) electrons. The number of methoxy groups -OCH3 is 1. The van der Waals surface area contributed by atoms with Crippen molar-refractivity contribution in [3.8, 4) is 11.5 Å². The molecule has 2 amide bonds. The molecule has 0 atom stereocenters. The second kappa shape index (κ2) is 6.78. The highest BCUT2D eigenvalue weighted by atomic mass is 79.9. The monoisotopic (exact) mass is 422 g/mol. The van der Waals surface area contributed by atoms with Crippen molar-refractivity contribution in [1.82, 2.24) is 5.43 Å². The summed E-state index contributed by atoms with van der Waals surface area (Å²) in [6.07, 6.45) is 1.39. The van der Waals surface area contributed by atoms with Crippen LogP contribution in [-0.4, -0.2) is 24.0 Å². The van der Waals surface area contributed by atoms with Gasteiger partial charge in [0.25, 0.3) is 11.8 Å². The summed E-state index contributed by atoms with van der Waals surface area (Å²) in [5.41, 5.74) is 3.44. The van der Waals surface area contributed by atoms with Crippen LogP contribution in [0.2, 0.25) is 5.02 Å². The predicted octanol–water partition coefficient (Wildman–Crippen LogP) is 3.28. The molecule has 0 saturated carbocycles. The second-order valence-corrected chi connectivity index (χ2v) is 6.50. The number of hydrazine groups is 1. The Bertz CT molecular complexity index is 914. The van der Waals surface area contributed by atoms with Gasteiger partial charge in [-0.1, -0.05) is 33.6 Å². The standard InChI is InChI=1S/C17H12BrClN2O4/c1-25-14-7-9(6-13(19)15(14)22)5-12-16(23)20-21(17(12)24)11-4-2-3-10(18)8-11/h2-8,22H,1H3,(H,20,23)/b12-5-. The highest BCUT2D eigenvalue weighted by Gasteiger charge is 2.34. The fourth-order valence-electron chi connectivity index (χ4n) is 2.35. The maximum Gasteiger partial charge on any atom is 0.282 e. The van der Waals surface area contributed by atoms with Crippen LogP contribution in [0.15, 0.2) is 46.4 Å². The first kappa shape index (κ1) is 17.3. The number of rotatable bonds is 3. The van der Waals surface area contributed by atoms with Crippen molar-refractivity contribution >= 4 is 51.1 Å². The Morgan fingerprint density at radius 1 is 1.28 bits per heavy atom. The van der Waals surface area contributed by atoms with Gasteiger partial charge in [-0.2, -0.15) is 0 Å². The van der Waals surface area contributed by atoms with Gasteiger partial charge in [-0.25, -0.2) is 5.01 Å². The number of anilines is 1. The van der Waals surface area contributed by atoms with Crippen LogP contribution in [-0.2, 0) is 9.59 Å². The van der Waals surface area contributed by atoms with E-state index in [4.69, 9.17) is 16.3 Å². The Hall–Kier alpha value is -2.51. The quantitative estimate of drug-likeness (QED) is 0.587. The van der Waals surface area contributed by atoms with Crippen LogP contribution in [0, 0.1) is 0 Å². The number of nitrogens with zero attached hydrogens (tertiary/aromatic N) is 1. The van der Waals surface area contributed by atoms with Crippen LogP contribution >= 0.6 is 27.5 Å². The zero-order valence-electron chi connectivity index (χ0n) is 12.9. The first-order valence-electron chi connectivity index (χ1n) is 7.10. The predicted molar refractivity (Wildman–Crippen MR) is 97.4 cm³/mol. The van der Waals surface area contributed by atoms with Crippen molar-refractivity contribution < 1.29 is 19.4 Å². The Balaban J connectivity index is 1.98. The second-order valence-electron chi connectivity index (χ2n) is 5.17. The van der Waals surface area contributed by atoms with Gasteiger partial charge in [0, 0.05) is 4.47 Å². The lowest BCUT2D eigenvalue weighted by Gasteiger charge is -2.14. The minimum absolute atomic E-state index is 0.0521. The van der Waals surface area contributed by atoms with Crippen LogP contribution < -0.4 is 15.2 Å². The zero-order valence-corrected chi connectivity index (χ0v) is 15.3. The normalized spacial score (nSPS) is 15.6. The molecule has 0 bridgehead atoms. The van der Waals surface area contributed by atoms with E-state index in [0.29, 0.717) is 11.3 Å². The van der Waals surface area contributed by atoms with Crippen LogP contribution in [0.3, 0.4) is 0 Å². The highest BCUT2D eigenvalue weighted by molar-refractivity contribution is 9.10. The fourth-order valence-corrected chi connectivity index (χ4v) is 2.96. The summed E-state index contributed by atoms with van der Waals surface area (Å²) >= 11 is 9.26. The Kier molecular flexibility index (Phi) is 4.69. The van der Waals surface area contributed by atoms with Crippen molar-refractivity contribution in [3.63, 3.8) is 0 Å². The highest BCUT2D eigenvalue weighted by Crippen LogP contribution is 2.36. The van der Waals surface area contributed by atoms with Crippen LogP contribution in [0.25, 0.3) is 6.08 Å².